The highest BCUT2D eigenvalue weighted by Gasteiger charge is 2.55. The lowest BCUT2D eigenvalue weighted by Crippen LogP contribution is -2.67. The third kappa shape index (κ3) is 10.2. The SMILES string of the molecule is CC(C)(C)[Si](OC[C@H]1C[C@H]2C[C@@H]3C[C@H](OC(=O)c4ccccn4)[C@H](OC(=O)c4ccccn4)C[C@@H]3C[C@H]2C[C@@H]1CO[Si](c1ccccc1)(c1ccccc1)C(C)(C)C)(c1ccccc1)c1ccccc1. The number of fused-ring (bicyclic) bond motifs is 2. The van der Waals surface area contributed by atoms with E-state index in [0.29, 0.717) is 49.7 Å². The molecule has 3 aliphatic carbocycles. The Morgan fingerprint density at radius 1 is 0.429 bits per heavy atom. The van der Waals surface area contributed by atoms with E-state index in [2.05, 4.69) is 173 Å². The molecule has 9 rings (SSSR count). The Bertz CT molecular complexity index is 2370. The molecule has 2 heterocycles. The summed E-state index contributed by atoms with van der Waals surface area (Å²) in [7, 11) is -5.72. The quantitative estimate of drug-likeness (QED) is 0.0787. The molecule has 364 valence electrons. The third-order valence-electron chi connectivity index (χ3n) is 16.0. The van der Waals surface area contributed by atoms with Crippen molar-refractivity contribution >= 4 is 49.3 Å². The van der Waals surface area contributed by atoms with Crippen LogP contribution in [0.5, 0.6) is 0 Å². The van der Waals surface area contributed by atoms with Gasteiger partial charge in [-0.05, 0) is 129 Å². The molecular formula is C60H70N2O6Si2. The van der Waals surface area contributed by atoms with Gasteiger partial charge in [0, 0.05) is 25.6 Å². The minimum absolute atomic E-state index is 0.160. The summed E-state index contributed by atoms with van der Waals surface area (Å²) in [5.41, 5.74) is 0.482. The van der Waals surface area contributed by atoms with Crippen LogP contribution in [0.4, 0.5) is 0 Å². The van der Waals surface area contributed by atoms with Gasteiger partial charge in [-0.3, -0.25) is 0 Å². The maximum Gasteiger partial charge on any atom is 0.357 e. The molecule has 0 aliphatic heterocycles. The third-order valence-corrected chi connectivity index (χ3v) is 26.0. The maximum absolute atomic E-state index is 13.6. The van der Waals surface area contributed by atoms with Crippen LogP contribution in [0, 0.1) is 35.5 Å². The molecule has 70 heavy (non-hydrogen) atoms. The van der Waals surface area contributed by atoms with Crippen molar-refractivity contribution in [2.45, 2.75) is 102 Å². The van der Waals surface area contributed by atoms with Gasteiger partial charge in [-0.25, -0.2) is 19.6 Å². The molecular weight excluding hydrogens is 901 g/mol. The minimum atomic E-state index is -2.86. The average Bonchev–Trinajstić information content (AvgIpc) is 3.37. The van der Waals surface area contributed by atoms with Crippen LogP contribution in [0.1, 0.15) is 101 Å². The van der Waals surface area contributed by atoms with Gasteiger partial charge >= 0.3 is 11.9 Å². The normalized spacial score (nSPS) is 23.9. The van der Waals surface area contributed by atoms with Gasteiger partial charge in [-0.1, -0.05) is 175 Å². The molecule has 0 radical (unpaired) electrons. The molecule has 0 amide bonds. The summed E-state index contributed by atoms with van der Waals surface area (Å²) in [6.45, 7) is 15.4. The first kappa shape index (κ1) is 49.5. The van der Waals surface area contributed by atoms with Gasteiger partial charge in [0.1, 0.15) is 23.6 Å². The maximum atomic E-state index is 13.6. The van der Waals surface area contributed by atoms with E-state index in [9.17, 15) is 9.59 Å². The zero-order chi connectivity index (χ0) is 48.9. The molecule has 2 aromatic heterocycles. The second-order valence-electron chi connectivity index (χ2n) is 22.2. The standard InChI is InChI=1S/C60H70N2O6Si2/c1-59(2,3)69(49-23-11-7-12-24-49,50-25-13-8-14-26-50)65-41-47-37-43-35-45-39-55(67-57(63)53-31-19-21-33-61-53)56(68-58(64)54-32-20-22-34-62-54)40-46(45)36-44(43)38-48(47)42-66-70(60(4,5)6,51-27-15-9-16-28-51)52-29-17-10-18-30-52/h7-34,43-48,55-56H,35-42H2,1-6H3/t43-,44+,45-,46+,47-,48-,55+,56-/m1/s1. The van der Waals surface area contributed by atoms with Crippen molar-refractivity contribution < 1.29 is 27.9 Å². The fraction of sp³-hybridized carbons (Fsp3) is 0.400. The fourth-order valence-electron chi connectivity index (χ4n) is 12.8. The summed E-state index contributed by atoms with van der Waals surface area (Å²) in [5, 5.41) is 4.83. The Kier molecular flexibility index (Phi) is 14.9. The molecule has 8 nitrogen and oxygen atoms in total. The number of nitrogens with zero attached hydrogens (tertiary/aromatic N) is 2. The predicted octanol–water partition coefficient (Wildman–Crippen LogP) is 10.5. The van der Waals surface area contributed by atoms with E-state index >= 15 is 0 Å². The Hall–Kier alpha value is -5.53. The Balaban J connectivity index is 1.05. The van der Waals surface area contributed by atoms with Crippen LogP contribution < -0.4 is 20.7 Å². The van der Waals surface area contributed by atoms with Crippen molar-refractivity contribution in [2.75, 3.05) is 13.2 Å². The summed E-state index contributed by atoms with van der Waals surface area (Å²) in [6.07, 6.45) is 7.31. The van der Waals surface area contributed by atoms with E-state index in [0.717, 1.165) is 25.7 Å². The van der Waals surface area contributed by atoms with Gasteiger partial charge < -0.3 is 18.3 Å². The summed E-state index contributed by atoms with van der Waals surface area (Å²) < 4.78 is 28.3. The van der Waals surface area contributed by atoms with E-state index in [1.807, 2.05) is 0 Å². The fourth-order valence-corrected chi connectivity index (χ4v) is 22.0. The zero-order valence-electron chi connectivity index (χ0n) is 41.8. The first-order valence-electron chi connectivity index (χ1n) is 25.5. The zero-order valence-corrected chi connectivity index (χ0v) is 43.8. The Labute approximate surface area is 417 Å². The van der Waals surface area contributed by atoms with Crippen LogP contribution >= 0.6 is 0 Å². The van der Waals surface area contributed by atoms with Crippen molar-refractivity contribution in [2.24, 2.45) is 35.5 Å². The lowest BCUT2D eigenvalue weighted by molar-refractivity contribution is -0.0995. The number of esters is 2. The van der Waals surface area contributed by atoms with Crippen molar-refractivity contribution in [1.29, 1.82) is 0 Å². The van der Waals surface area contributed by atoms with Gasteiger partial charge in [0.15, 0.2) is 0 Å². The van der Waals surface area contributed by atoms with Gasteiger partial charge in [0.2, 0.25) is 0 Å². The summed E-state index contributed by atoms with van der Waals surface area (Å²) in [5.74, 6) is 0.997. The highest BCUT2D eigenvalue weighted by atomic mass is 28.4. The van der Waals surface area contributed by atoms with Crippen molar-refractivity contribution in [3.63, 3.8) is 0 Å². The van der Waals surface area contributed by atoms with Crippen molar-refractivity contribution in [1.82, 2.24) is 9.97 Å². The molecule has 3 fully saturated rings. The molecule has 3 saturated carbocycles. The number of hydrogen-bond acceptors (Lipinski definition) is 8. The molecule has 0 saturated heterocycles. The van der Waals surface area contributed by atoms with Crippen LogP contribution in [-0.2, 0) is 18.3 Å². The number of benzene rings is 4. The number of aromatic nitrogens is 2. The van der Waals surface area contributed by atoms with Crippen molar-refractivity contribution in [3.05, 3.63) is 182 Å². The van der Waals surface area contributed by atoms with Crippen LogP contribution in [0.3, 0.4) is 0 Å². The number of carbonyl (C=O) groups is 2. The molecule has 3 aliphatic rings. The van der Waals surface area contributed by atoms with Crippen LogP contribution in [0.15, 0.2) is 170 Å². The molecule has 6 aromatic rings. The lowest BCUT2D eigenvalue weighted by Gasteiger charge is -2.53. The average molecular weight is 971 g/mol. The molecule has 10 heteroatoms. The molecule has 0 spiro atoms. The van der Waals surface area contributed by atoms with E-state index in [-0.39, 0.29) is 33.3 Å². The largest absolute Gasteiger partial charge is 0.454 e. The smallest absolute Gasteiger partial charge is 0.357 e. The van der Waals surface area contributed by atoms with E-state index < -0.39 is 40.8 Å². The van der Waals surface area contributed by atoms with E-state index in [4.69, 9.17) is 18.3 Å². The van der Waals surface area contributed by atoms with Gasteiger partial charge in [-0.2, -0.15) is 0 Å². The van der Waals surface area contributed by atoms with Gasteiger partial charge in [-0.15, -0.1) is 0 Å². The number of carbonyl (C=O) groups excluding carboxylic acids is 2. The minimum Gasteiger partial charge on any atom is -0.454 e. The number of ether oxygens (including phenoxy) is 2. The highest BCUT2D eigenvalue weighted by molar-refractivity contribution is 7.00. The number of rotatable bonds is 14. The van der Waals surface area contributed by atoms with Crippen LogP contribution in [0.2, 0.25) is 10.1 Å². The first-order chi connectivity index (χ1) is 33.8. The summed E-state index contributed by atoms with van der Waals surface area (Å²) in [4.78, 5) is 35.8. The van der Waals surface area contributed by atoms with E-state index in [1.165, 1.54) is 20.7 Å². The molecule has 0 bridgehead atoms. The molecule has 8 atom stereocenters. The molecule has 4 aromatic carbocycles. The topological polar surface area (TPSA) is 96.8 Å². The predicted molar refractivity (Wildman–Crippen MR) is 283 cm³/mol. The second-order valence-corrected chi connectivity index (χ2v) is 30.9. The van der Waals surface area contributed by atoms with Crippen LogP contribution in [-0.4, -0.2) is 64.0 Å². The second kappa shape index (κ2) is 21.1. The van der Waals surface area contributed by atoms with E-state index in [1.54, 1.807) is 48.8 Å². The number of pyridine rings is 2. The lowest BCUT2D eigenvalue weighted by atomic mass is 9.56. The monoisotopic (exact) mass is 970 g/mol. The molecule has 0 unspecified atom stereocenters. The number of hydrogen-bond donors (Lipinski definition) is 0. The summed E-state index contributed by atoms with van der Waals surface area (Å²) >= 11 is 0. The van der Waals surface area contributed by atoms with Gasteiger partial charge in [0.25, 0.3) is 16.6 Å². The first-order valence-corrected chi connectivity index (χ1v) is 29.3. The Morgan fingerprint density at radius 3 is 1.01 bits per heavy atom. The van der Waals surface area contributed by atoms with Crippen LogP contribution in [0.25, 0.3) is 0 Å². The van der Waals surface area contributed by atoms with Crippen molar-refractivity contribution in [3.8, 4) is 0 Å². The molecule has 0 N–H and O–H groups in total. The highest BCUT2D eigenvalue weighted by Crippen LogP contribution is 2.54. The Morgan fingerprint density at radius 2 is 0.729 bits per heavy atom. The van der Waals surface area contributed by atoms with Gasteiger partial charge in [0.05, 0.1) is 0 Å². The summed E-state index contributed by atoms with van der Waals surface area (Å²) in [6, 6.07) is 54.4.